The van der Waals surface area contributed by atoms with Crippen LogP contribution in [0.4, 0.5) is 0 Å². The molecule has 0 radical (unpaired) electrons. The van der Waals surface area contributed by atoms with Crippen LogP contribution in [-0.4, -0.2) is 26.9 Å². The molecule has 1 unspecified atom stereocenters. The highest BCUT2D eigenvalue weighted by molar-refractivity contribution is 9.10. The lowest BCUT2D eigenvalue weighted by Crippen LogP contribution is -2.15. The Morgan fingerprint density at radius 1 is 1.26 bits per heavy atom. The molecular weight excluding hydrogens is 306 g/mol. The molecule has 1 rings (SSSR count). The van der Waals surface area contributed by atoms with Gasteiger partial charge in [0.2, 0.25) is 0 Å². The van der Waals surface area contributed by atoms with Crippen molar-refractivity contribution in [3.63, 3.8) is 0 Å². The normalized spacial score (nSPS) is 12.4. The second kappa shape index (κ2) is 9.34. The summed E-state index contributed by atoms with van der Waals surface area (Å²) in [6.45, 7) is 6.33. The quantitative estimate of drug-likeness (QED) is 0.696. The lowest BCUT2D eigenvalue weighted by molar-refractivity contribution is 0.0975. The lowest BCUT2D eigenvalue weighted by Gasteiger charge is -2.17. The van der Waals surface area contributed by atoms with Gasteiger partial charge in [0.15, 0.2) is 0 Å². The van der Waals surface area contributed by atoms with Gasteiger partial charge in [0, 0.05) is 22.7 Å². The van der Waals surface area contributed by atoms with Crippen molar-refractivity contribution in [3.8, 4) is 5.75 Å². The number of unbranched alkanes of at least 4 members (excludes halogenated alkanes) is 1. The Balaban J connectivity index is 2.48. The number of hydrogen-bond acceptors (Lipinski definition) is 3. The standard InChI is InChI=1S/C15H24BrNO2/c1-4-5-8-18-9-10-19-15-7-6-13(16)11-14(15)12(2)17-3/h6-7,11-12,17H,4-5,8-10H2,1-3H3. The van der Waals surface area contributed by atoms with Gasteiger partial charge in [-0.2, -0.15) is 0 Å². The summed E-state index contributed by atoms with van der Waals surface area (Å²) in [4.78, 5) is 0. The fraction of sp³-hybridized carbons (Fsp3) is 0.600. The maximum Gasteiger partial charge on any atom is 0.124 e. The van der Waals surface area contributed by atoms with Crippen LogP contribution in [0.5, 0.6) is 5.75 Å². The van der Waals surface area contributed by atoms with E-state index in [0.717, 1.165) is 35.2 Å². The monoisotopic (exact) mass is 329 g/mol. The van der Waals surface area contributed by atoms with E-state index in [0.29, 0.717) is 13.2 Å². The molecule has 0 amide bonds. The molecule has 0 aliphatic carbocycles. The SMILES string of the molecule is CCCCOCCOc1ccc(Br)cc1C(C)NC. The van der Waals surface area contributed by atoms with Gasteiger partial charge in [0.25, 0.3) is 0 Å². The van der Waals surface area contributed by atoms with Crippen LogP contribution in [0.3, 0.4) is 0 Å². The van der Waals surface area contributed by atoms with E-state index in [1.54, 1.807) is 0 Å². The minimum atomic E-state index is 0.258. The highest BCUT2D eigenvalue weighted by Crippen LogP contribution is 2.28. The third kappa shape index (κ3) is 5.93. The van der Waals surface area contributed by atoms with Crippen LogP contribution in [0.15, 0.2) is 22.7 Å². The van der Waals surface area contributed by atoms with Crippen LogP contribution in [0.1, 0.15) is 38.3 Å². The Hall–Kier alpha value is -0.580. The Morgan fingerprint density at radius 3 is 2.74 bits per heavy atom. The molecular formula is C15H24BrNO2. The van der Waals surface area contributed by atoms with Crippen LogP contribution in [0.2, 0.25) is 0 Å². The summed E-state index contributed by atoms with van der Waals surface area (Å²) in [5.74, 6) is 0.921. The summed E-state index contributed by atoms with van der Waals surface area (Å²) < 4.78 is 12.4. The molecule has 0 aromatic heterocycles. The van der Waals surface area contributed by atoms with E-state index in [-0.39, 0.29) is 6.04 Å². The molecule has 0 saturated heterocycles. The van der Waals surface area contributed by atoms with Crippen molar-refractivity contribution >= 4 is 15.9 Å². The van der Waals surface area contributed by atoms with Crippen LogP contribution >= 0.6 is 15.9 Å². The summed E-state index contributed by atoms with van der Waals surface area (Å²) in [6.07, 6.45) is 2.28. The molecule has 0 saturated carbocycles. The van der Waals surface area contributed by atoms with E-state index in [4.69, 9.17) is 9.47 Å². The Labute approximate surface area is 124 Å². The van der Waals surface area contributed by atoms with Gasteiger partial charge >= 0.3 is 0 Å². The molecule has 0 spiro atoms. The van der Waals surface area contributed by atoms with Crippen molar-refractivity contribution in [2.75, 3.05) is 26.9 Å². The van der Waals surface area contributed by atoms with E-state index in [2.05, 4.69) is 41.2 Å². The number of nitrogens with one attached hydrogen (secondary N) is 1. The van der Waals surface area contributed by atoms with Crippen LogP contribution in [0, 0.1) is 0 Å². The van der Waals surface area contributed by atoms with Gasteiger partial charge in [-0.1, -0.05) is 29.3 Å². The highest BCUT2D eigenvalue weighted by Gasteiger charge is 2.10. The first-order valence-electron chi connectivity index (χ1n) is 6.86. The van der Waals surface area contributed by atoms with Crippen molar-refractivity contribution < 1.29 is 9.47 Å². The Morgan fingerprint density at radius 2 is 2.05 bits per heavy atom. The van der Waals surface area contributed by atoms with E-state index in [9.17, 15) is 0 Å². The zero-order valence-corrected chi connectivity index (χ0v) is 13.6. The summed E-state index contributed by atoms with van der Waals surface area (Å²) >= 11 is 3.50. The van der Waals surface area contributed by atoms with Gasteiger partial charge in [0.05, 0.1) is 6.61 Å². The molecule has 0 bridgehead atoms. The van der Waals surface area contributed by atoms with Crippen LogP contribution < -0.4 is 10.1 Å². The minimum absolute atomic E-state index is 0.258. The molecule has 0 aliphatic rings. The summed E-state index contributed by atoms with van der Waals surface area (Å²) in [6, 6.07) is 6.35. The van der Waals surface area contributed by atoms with Crippen molar-refractivity contribution in [3.05, 3.63) is 28.2 Å². The molecule has 108 valence electrons. The van der Waals surface area contributed by atoms with Crippen molar-refractivity contribution in [1.82, 2.24) is 5.32 Å². The maximum atomic E-state index is 5.81. The number of halogens is 1. The molecule has 1 atom stereocenters. The van der Waals surface area contributed by atoms with E-state index < -0.39 is 0 Å². The topological polar surface area (TPSA) is 30.5 Å². The largest absolute Gasteiger partial charge is 0.491 e. The second-order valence-electron chi connectivity index (χ2n) is 4.51. The average Bonchev–Trinajstić information content (AvgIpc) is 2.43. The van der Waals surface area contributed by atoms with E-state index in [1.165, 1.54) is 0 Å². The minimum Gasteiger partial charge on any atom is -0.491 e. The first-order chi connectivity index (χ1) is 9.19. The third-order valence-electron chi connectivity index (χ3n) is 3.00. The smallest absolute Gasteiger partial charge is 0.124 e. The van der Waals surface area contributed by atoms with Gasteiger partial charge in [0.1, 0.15) is 12.4 Å². The van der Waals surface area contributed by atoms with E-state index >= 15 is 0 Å². The Kier molecular flexibility index (Phi) is 8.10. The predicted octanol–water partition coefficient (Wildman–Crippen LogP) is 3.93. The number of rotatable bonds is 9. The zero-order valence-electron chi connectivity index (χ0n) is 12.0. The van der Waals surface area contributed by atoms with Crippen LogP contribution in [-0.2, 0) is 4.74 Å². The fourth-order valence-electron chi connectivity index (χ4n) is 1.70. The fourth-order valence-corrected chi connectivity index (χ4v) is 2.08. The summed E-state index contributed by atoms with van der Waals surface area (Å²) in [5, 5.41) is 3.24. The van der Waals surface area contributed by atoms with Crippen molar-refractivity contribution in [2.45, 2.75) is 32.7 Å². The molecule has 19 heavy (non-hydrogen) atoms. The van der Waals surface area contributed by atoms with Gasteiger partial charge < -0.3 is 14.8 Å². The molecule has 1 aromatic carbocycles. The van der Waals surface area contributed by atoms with Crippen LogP contribution in [0.25, 0.3) is 0 Å². The molecule has 3 nitrogen and oxygen atoms in total. The number of benzene rings is 1. The van der Waals surface area contributed by atoms with E-state index in [1.807, 2.05) is 19.2 Å². The predicted molar refractivity (Wildman–Crippen MR) is 82.8 cm³/mol. The maximum absolute atomic E-state index is 5.81. The number of ether oxygens (including phenoxy) is 2. The molecule has 0 heterocycles. The van der Waals surface area contributed by atoms with Gasteiger partial charge in [-0.15, -0.1) is 0 Å². The first kappa shape index (κ1) is 16.5. The zero-order chi connectivity index (χ0) is 14.1. The summed E-state index contributed by atoms with van der Waals surface area (Å²) in [5.41, 5.74) is 1.16. The summed E-state index contributed by atoms with van der Waals surface area (Å²) in [7, 11) is 1.95. The number of hydrogen-bond donors (Lipinski definition) is 1. The molecule has 4 heteroatoms. The first-order valence-corrected chi connectivity index (χ1v) is 7.65. The third-order valence-corrected chi connectivity index (χ3v) is 3.49. The molecule has 1 aromatic rings. The Bertz CT molecular complexity index is 371. The second-order valence-corrected chi connectivity index (χ2v) is 5.42. The van der Waals surface area contributed by atoms with Crippen molar-refractivity contribution in [2.24, 2.45) is 0 Å². The molecule has 1 N–H and O–H groups in total. The average molecular weight is 330 g/mol. The van der Waals surface area contributed by atoms with Gasteiger partial charge in [-0.05, 0) is 38.6 Å². The highest BCUT2D eigenvalue weighted by atomic mass is 79.9. The molecule has 0 aliphatic heterocycles. The molecule has 0 fully saturated rings. The lowest BCUT2D eigenvalue weighted by atomic mass is 10.1. The van der Waals surface area contributed by atoms with Gasteiger partial charge in [-0.3, -0.25) is 0 Å². The van der Waals surface area contributed by atoms with Crippen molar-refractivity contribution in [1.29, 1.82) is 0 Å². The van der Waals surface area contributed by atoms with Gasteiger partial charge in [-0.25, -0.2) is 0 Å².